The van der Waals surface area contributed by atoms with Crippen LogP contribution in [0.5, 0.6) is 0 Å². The maximum absolute atomic E-state index is 3.49. The van der Waals surface area contributed by atoms with E-state index in [2.05, 4.69) is 58.1 Å². The van der Waals surface area contributed by atoms with Crippen LogP contribution in [0.3, 0.4) is 0 Å². The zero-order chi connectivity index (χ0) is 13.5. The second-order valence-corrected chi connectivity index (χ2v) is 5.15. The molecule has 0 aliphatic heterocycles. The molecule has 0 aromatic heterocycles. The maximum Gasteiger partial charge on any atom is 0.0167 e. The molecular formula is C17H27N. The highest BCUT2D eigenvalue weighted by molar-refractivity contribution is 5.61. The number of nitrogens with one attached hydrogen (secondary N) is 1. The fraction of sp³-hybridized carbons (Fsp3) is 0.529. The molecule has 1 N–H and O–H groups in total. The van der Waals surface area contributed by atoms with Crippen molar-refractivity contribution < 1.29 is 0 Å². The molecule has 1 aromatic rings. The van der Waals surface area contributed by atoms with Crippen LogP contribution >= 0.6 is 0 Å². The van der Waals surface area contributed by atoms with Crippen molar-refractivity contribution in [3.63, 3.8) is 0 Å². The Kier molecular flexibility index (Phi) is 6.14. The highest BCUT2D eigenvalue weighted by Gasteiger charge is 2.03. The number of hydrogen-bond donors (Lipinski definition) is 1. The van der Waals surface area contributed by atoms with Crippen molar-refractivity contribution in [3.05, 3.63) is 40.0 Å². The quantitative estimate of drug-likeness (QED) is 0.732. The molecule has 0 saturated carbocycles. The van der Waals surface area contributed by atoms with Gasteiger partial charge in [0.2, 0.25) is 0 Å². The van der Waals surface area contributed by atoms with E-state index in [4.69, 9.17) is 0 Å². The number of rotatable bonds is 6. The van der Waals surface area contributed by atoms with Crippen LogP contribution < -0.4 is 5.32 Å². The van der Waals surface area contributed by atoms with Gasteiger partial charge in [0.05, 0.1) is 0 Å². The SMILES string of the molecule is CCCNCC(=Cc1c(C)cc(C)cc1C)CC. The van der Waals surface area contributed by atoms with E-state index in [1.54, 1.807) is 0 Å². The standard InChI is InChI=1S/C17H27N/c1-6-8-18-12-16(7-2)11-17-14(4)9-13(3)10-15(17)5/h9-11,18H,6-8,12H2,1-5H3. The third-order valence-electron chi connectivity index (χ3n) is 3.32. The zero-order valence-electron chi connectivity index (χ0n) is 12.6. The first kappa shape index (κ1) is 15.0. The molecule has 0 unspecified atom stereocenters. The second kappa shape index (κ2) is 7.38. The number of benzene rings is 1. The summed E-state index contributed by atoms with van der Waals surface area (Å²) < 4.78 is 0. The predicted molar refractivity (Wildman–Crippen MR) is 82.1 cm³/mol. The third-order valence-corrected chi connectivity index (χ3v) is 3.32. The van der Waals surface area contributed by atoms with Crippen molar-refractivity contribution in [1.29, 1.82) is 0 Å². The Hall–Kier alpha value is -1.08. The molecule has 0 atom stereocenters. The zero-order valence-corrected chi connectivity index (χ0v) is 12.6. The van der Waals surface area contributed by atoms with Crippen LogP contribution in [0, 0.1) is 20.8 Å². The Balaban J connectivity index is 2.91. The topological polar surface area (TPSA) is 12.0 Å². The highest BCUT2D eigenvalue weighted by atomic mass is 14.8. The van der Waals surface area contributed by atoms with Gasteiger partial charge in [-0.05, 0) is 56.8 Å². The van der Waals surface area contributed by atoms with Crippen molar-refractivity contribution in [2.75, 3.05) is 13.1 Å². The molecule has 0 bridgehead atoms. The summed E-state index contributed by atoms with van der Waals surface area (Å²) in [5.41, 5.74) is 7.00. The van der Waals surface area contributed by atoms with Crippen molar-refractivity contribution in [3.8, 4) is 0 Å². The molecule has 0 amide bonds. The first-order chi connectivity index (χ1) is 8.58. The van der Waals surface area contributed by atoms with Crippen LogP contribution in [-0.4, -0.2) is 13.1 Å². The lowest BCUT2D eigenvalue weighted by Crippen LogP contribution is -2.17. The van der Waals surface area contributed by atoms with Gasteiger partial charge in [0.25, 0.3) is 0 Å². The normalized spacial score (nSPS) is 11.9. The first-order valence-electron chi connectivity index (χ1n) is 7.06. The Morgan fingerprint density at radius 2 is 1.72 bits per heavy atom. The summed E-state index contributed by atoms with van der Waals surface area (Å²) in [5, 5.41) is 3.49. The van der Waals surface area contributed by atoms with Crippen LogP contribution in [-0.2, 0) is 0 Å². The highest BCUT2D eigenvalue weighted by Crippen LogP contribution is 2.20. The van der Waals surface area contributed by atoms with E-state index >= 15 is 0 Å². The van der Waals surface area contributed by atoms with Gasteiger partial charge in [0.15, 0.2) is 0 Å². The van der Waals surface area contributed by atoms with Gasteiger partial charge in [-0.2, -0.15) is 0 Å². The second-order valence-electron chi connectivity index (χ2n) is 5.15. The minimum absolute atomic E-state index is 1.01. The number of aryl methyl sites for hydroxylation is 3. The van der Waals surface area contributed by atoms with E-state index < -0.39 is 0 Å². The van der Waals surface area contributed by atoms with E-state index in [9.17, 15) is 0 Å². The molecule has 0 saturated heterocycles. The van der Waals surface area contributed by atoms with Crippen LogP contribution in [0.25, 0.3) is 6.08 Å². The summed E-state index contributed by atoms with van der Waals surface area (Å²) in [7, 11) is 0. The van der Waals surface area contributed by atoms with Gasteiger partial charge in [0, 0.05) is 6.54 Å². The van der Waals surface area contributed by atoms with Crippen molar-refractivity contribution in [2.45, 2.75) is 47.5 Å². The van der Waals surface area contributed by atoms with Crippen molar-refractivity contribution in [2.24, 2.45) is 0 Å². The molecule has 1 heteroatoms. The monoisotopic (exact) mass is 245 g/mol. The molecule has 1 aromatic carbocycles. The molecule has 0 aliphatic rings. The Morgan fingerprint density at radius 3 is 2.22 bits per heavy atom. The summed E-state index contributed by atoms with van der Waals surface area (Å²) in [6.07, 6.45) is 4.68. The summed E-state index contributed by atoms with van der Waals surface area (Å²) in [6, 6.07) is 4.54. The lowest BCUT2D eigenvalue weighted by atomic mass is 9.97. The van der Waals surface area contributed by atoms with Gasteiger partial charge in [-0.15, -0.1) is 0 Å². The first-order valence-corrected chi connectivity index (χ1v) is 7.06. The molecule has 18 heavy (non-hydrogen) atoms. The molecule has 1 rings (SSSR count). The van der Waals surface area contributed by atoms with E-state index in [1.165, 1.54) is 34.2 Å². The predicted octanol–water partition coefficient (Wildman–Crippen LogP) is 4.40. The van der Waals surface area contributed by atoms with Gasteiger partial charge in [-0.1, -0.05) is 43.2 Å². The van der Waals surface area contributed by atoms with Crippen molar-refractivity contribution >= 4 is 6.08 Å². The fourth-order valence-corrected chi connectivity index (χ4v) is 2.33. The van der Waals surface area contributed by atoms with E-state index in [0.29, 0.717) is 0 Å². The Labute approximate surface area is 112 Å². The molecule has 0 spiro atoms. The van der Waals surface area contributed by atoms with Crippen LogP contribution in [0.1, 0.15) is 48.9 Å². The van der Waals surface area contributed by atoms with E-state index in [0.717, 1.165) is 19.5 Å². The molecule has 0 heterocycles. The van der Waals surface area contributed by atoms with E-state index in [-0.39, 0.29) is 0 Å². The van der Waals surface area contributed by atoms with Gasteiger partial charge >= 0.3 is 0 Å². The minimum Gasteiger partial charge on any atom is -0.313 e. The Bertz CT molecular complexity index is 393. The van der Waals surface area contributed by atoms with E-state index in [1.807, 2.05) is 0 Å². The Morgan fingerprint density at radius 1 is 1.11 bits per heavy atom. The molecule has 0 radical (unpaired) electrons. The number of hydrogen-bond acceptors (Lipinski definition) is 1. The average Bonchev–Trinajstić information content (AvgIpc) is 2.31. The van der Waals surface area contributed by atoms with Gasteiger partial charge in [-0.25, -0.2) is 0 Å². The summed E-state index contributed by atoms with van der Waals surface area (Å²) in [5.74, 6) is 0. The third kappa shape index (κ3) is 4.30. The van der Waals surface area contributed by atoms with Crippen LogP contribution in [0.2, 0.25) is 0 Å². The van der Waals surface area contributed by atoms with Gasteiger partial charge in [-0.3, -0.25) is 0 Å². The largest absolute Gasteiger partial charge is 0.313 e. The smallest absolute Gasteiger partial charge is 0.0167 e. The summed E-state index contributed by atoms with van der Waals surface area (Å²) in [4.78, 5) is 0. The van der Waals surface area contributed by atoms with Crippen molar-refractivity contribution in [1.82, 2.24) is 5.32 Å². The minimum atomic E-state index is 1.01. The molecular weight excluding hydrogens is 218 g/mol. The molecule has 1 nitrogen and oxygen atoms in total. The van der Waals surface area contributed by atoms with Crippen LogP contribution in [0.4, 0.5) is 0 Å². The molecule has 0 fully saturated rings. The lowest BCUT2D eigenvalue weighted by molar-refractivity contribution is 0.705. The fourth-order valence-electron chi connectivity index (χ4n) is 2.33. The average molecular weight is 245 g/mol. The summed E-state index contributed by atoms with van der Waals surface area (Å²) in [6.45, 7) is 13.1. The molecule has 100 valence electrons. The maximum atomic E-state index is 3.49. The summed E-state index contributed by atoms with van der Waals surface area (Å²) >= 11 is 0. The lowest BCUT2D eigenvalue weighted by Gasteiger charge is -2.11. The molecule has 0 aliphatic carbocycles. The van der Waals surface area contributed by atoms with Gasteiger partial charge < -0.3 is 5.32 Å². The van der Waals surface area contributed by atoms with Gasteiger partial charge in [0.1, 0.15) is 0 Å². The van der Waals surface area contributed by atoms with Crippen LogP contribution in [0.15, 0.2) is 17.7 Å².